The number of halogens is 3. The molecular weight excluding hydrogens is 260 g/mol. The van der Waals surface area contributed by atoms with Crippen molar-refractivity contribution < 1.29 is 18.6 Å². The summed E-state index contributed by atoms with van der Waals surface area (Å²) >= 11 is 2.99. The molecule has 0 aliphatic carbocycles. The first-order valence-corrected chi connectivity index (χ1v) is 4.51. The zero-order valence-electron chi connectivity index (χ0n) is 7.30. The number of rotatable bonds is 3. The molecule has 0 radical (unpaired) electrons. The van der Waals surface area contributed by atoms with Crippen LogP contribution in [0.2, 0.25) is 0 Å². The Bertz CT molecular complexity index is 333. The molecule has 1 aromatic heterocycles. The Balaban J connectivity index is 3.24. The molecule has 0 saturated carbocycles. The number of aromatic nitrogens is 1. The third-order valence-corrected chi connectivity index (χ3v) is 2.16. The number of ether oxygens (including phenoxy) is 1. The van der Waals surface area contributed by atoms with E-state index in [1.165, 1.54) is 7.11 Å². The summed E-state index contributed by atoms with van der Waals surface area (Å²) in [6.45, 7) is -0.371. The second kappa shape index (κ2) is 4.65. The molecule has 0 amide bonds. The molecule has 0 spiro atoms. The van der Waals surface area contributed by atoms with Gasteiger partial charge in [0.05, 0.1) is 13.7 Å². The number of nitrogens with zero attached hydrogens (tertiary/aromatic N) is 1. The smallest absolute Gasteiger partial charge is 0.280 e. The molecule has 1 rings (SSSR count). The first-order chi connectivity index (χ1) is 6.60. The van der Waals surface area contributed by atoms with Gasteiger partial charge in [-0.05, 0) is 22.0 Å². The number of hydrogen-bond donors (Lipinski definition) is 1. The van der Waals surface area contributed by atoms with Gasteiger partial charge in [-0.15, -0.1) is 0 Å². The van der Waals surface area contributed by atoms with Gasteiger partial charge in [0.15, 0.2) is 5.75 Å². The van der Waals surface area contributed by atoms with E-state index in [0.717, 1.165) is 6.07 Å². The van der Waals surface area contributed by atoms with Crippen LogP contribution >= 0.6 is 15.9 Å². The molecule has 0 aromatic carbocycles. The summed E-state index contributed by atoms with van der Waals surface area (Å²) in [7, 11) is 1.38. The van der Waals surface area contributed by atoms with Crippen LogP contribution < -0.4 is 4.74 Å². The Hall–Kier alpha value is -0.750. The molecule has 0 aliphatic heterocycles. The number of alkyl halides is 2. The molecule has 0 atom stereocenters. The summed E-state index contributed by atoms with van der Waals surface area (Å²) < 4.78 is 29.6. The lowest BCUT2D eigenvalue weighted by Crippen LogP contribution is -1.99. The van der Waals surface area contributed by atoms with E-state index in [9.17, 15) is 8.78 Å². The minimum Gasteiger partial charge on any atom is -0.494 e. The molecule has 1 N–H and O–H groups in total. The zero-order valence-corrected chi connectivity index (χ0v) is 8.88. The van der Waals surface area contributed by atoms with Crippen LogP contribution in [-0.2, 0) is 6.61 Å². The maximum atomic E-state index is 12.3. The average Bonchev–Trinajstić information content (AvgIpc) is 2.16. The van der Waals surface area contributed by atoms with Crippen LogP contribution in [0.15, 0.2) is 10.7 Å². The Morgan fingerprint density at radius 1 is 1.64 bits per heavy atom. The maximum absolute atomic E-state index is 12.3. The van der Waals surface area contributed by atoms with Crippen LogP contribution in [0, 0.1) is 0 Å². The van der Waals surface area contributed by atoms with Gasteiger partial charge in [-0.25, -0.2) is 13.8 Å². The summed E-state index contributed by atoms with van der Waals surface area (Å²) in [5, 5.41) is 8.91. The van der Waals surface area contributed by atoms with Gasteiger partial charge in [-0.3, -0.25) is 0 Å². The molecule has 0 fully saturated rings. The van der Waals surface area contributed by atoms with Crippen molar-refractivity contribution in [2.75, 3.05) is 7.11 Å². The monoisotopic (exact) mass is 267 g/mol. The molecule has 0 aliphatic rings. The van der Waals surface area contributed by atoms with Crippen molar-refractivity contribution in [2.45, 2.75) is 13.0 Å². The molecule has 0 unspecified atom stereocenters. The van der Waals surface area contributed by atoms with Crippen LogP contribution in [0.3, 0.4) is 0 Å². The van der Waals surface area contributed by atoms with E-state index in [1.807, 2.05) is 0 Å². The number of hydrogen-bond acceptors (Lipinski definition) is 3. The molecule has 1 aromatic rings. The second-order valence-electron chi connectivity index (χ2n) is 2.49. The van der Waals surface area contributed by atoms with Crippen molar-refractivity contribution in [1.29, 1.82) is 0 Å². The lowest BCUT2D eigenvalue weighted by Gasteiger charge is -2.09. The highest BCUT2D eigenvalue weighted by Gasteiger charge is 2.16. The molecule has 1 heterocycles. The first kappa shape index (κ1) is 11.3. The first-order valence-electron chi connectivity index (χ1n) is 3.72. The number of aliphatic hydroxyl groups is 1. The van der Waals surface area contributed by atoms with Crippen LogP contribution in [0.4, 0.5) is 8.78 Å². The van der Waals surface area contributed by atoms with Gasteiger partial charge in [0, 0.05) is 5.56 Å². The van der Waals surface area contributed by atoms with Gasteiger partial charge in [0.25, 0.3) is 6.43 Å². The predicted molar refractivity (Wildman–Crippen MR) is 49.4 cm³/mol. The van der Waals surface area contributed by atoms with E-state index in [2.05, 4.69) is 20.9 Å². The van der Waals surface area contributed by atoms with Gasteiger partial charge < -0.3 is 9.84 Å². The Labute approximate surface area is 87.9 Å². The molecule has 78 valence electrons. The van der Waals surface area contributed by atoms with Gasteiger partial charge in [0.2, 0.25) is 0 Å². The van der Waals surface area contributed by atoms with E-state index in [0.29, 0.717) is 0 Å². The van der Waals surface area contributed by atoms with E-state index < -0.39 is 6.43 Å². The van der Waals surface area contributed by atoms with E-state index in [-0.39, 0.29) is 28.2 Å². The minimum atomic E-state index is -2.66. The Morgan fingerprint density at radius 2 is 2.29 bits per heavy atom. The van der Waals surface area contributed by atoms with Gasteiger partial charge in [0.1, 0.15) is 10.3 Å². The largest absolute Gasteiger partial charge is 0.494 e. The molecule has 0 bridgehead atoms. The fourth-order valence-electron chi connectivity index (χ4n) is 1.02. The molecule has 6 heteroatoms. The fourth-order valence-corrected chi connectivity index (χ4v) is 1.64. The maximum Gasteiger partial charge on any atom is 0.280 e. The van der Waals surface area contributed by atoms with Crippen molar-refractivity contribution in [1.82, 2.24) is 4.98 Å². The predicted octanol–water partition coefficient (Wildman–Crippen LogP) is 2.28. The molecule has 14 heavy (non-hydrogen) atoms. The minimum absolute atomic E-state index is 0.168. The van der Waals surface area contributed by atoms with Crippen LogP contribution in [0.5, 0.6) is 5.75 Å². The molecule has 0 saturated heterocycles. The summed E-state index contributed by atoms with van der Waals surface area (Å²) in [6, 6.07) is 1.12. The lowest BCUT2D eigenvalue weighted by molar-refractivity contribution is 0.145. The highest BCUT2D eigenvalue weighted by Crippen LogP contribution is 2.30. The second-order valence-corrected chi connectivity index (χ2v) is 3.24. The van der Waals surface area contributed by atoms with Crippen LogP contribution in [-0.4, -0.2) is 17.2 Å². The van der Waals surface area contributed by atoms with Crippen molar-refractivity contribution in [3.05, 3.63) is 21.9 Å². The van der Waals surface area contributed by atoms with Gasteiger partial charge in [-0.2, -0.15) is 0 Å². The van der Waals surface area contributed by atoms with Gasteiger partial charge >= 0.3 is 0 Å². The van der Waals surface area contributed by atoms with Crippen LogP contribution in [0.25, 0.3) is 0 Å². The quantitative estimate of drug-likeness (QED) is 0.855. The van der Waals surface area contributed by atoms with E-state index >= 15 is 0 Å². The Morgan fingerprint density at radius 3 is 2.71 bits per heavy atom. The Kier molecular flexibility index (Phi) is 3.77. The number of methoxy groups -OCH3 is 1. The summed E-state index contributed by atoms with van der Waals surface area (Å²) in [5.74, 6) is 0.275. The van der Waals surface area contributed by atoms with Crippen molar-refractivity contribution in [3.8, 4) is 5.75 Å². The van der Waals surface area contributed by atoms with Crippen LogP contribution in [0.1, 0.15) is 17.7 Å². The summed E-state index contributed by atoms with van der Waals surface area (Å²) in [4.78, 5) is 3.58. The topological polar surface area (TPSA) is 42.4 Å². The third kappa shape index (κ3) is 2.19. The average molecular weight is 268 g/mol. The highest BCUT2D eigenvalue weighted by molar-refractivity contribution is 9.10. The van der Waals surface area contributed by atoms with Crippen molar-refractivity contribution in [3.63, 3.8) is 0 Å². The highest BCUT2D eigenvalue weighted by atomic mass is 79.9. The van der Waals surface area contributed by atoms with Crippen molar-refractivity contribution in [2.24, 2.45) is 0 Å². The zero-order chi connectivity index (χ0) is 10.7. The van der Waals surface area contributed by atoms with Crippen molar-refractivity contribution >= 4 is 15.9 Å². The lowest BCUT2D eigenvalue weighted by atomic mass is 10.2. The summed E-state index contributed by atoms with van der Waals surface area (Å²) in [5.41, 5.74) is -0.105. The van der Waals surface area contributed by atoms with Gasteiger partial charge in [-0.1, -0.05) is 0 Å². The van der Waals surface area contributed by atoms with E-state index in [1.54, 1.807) is 0 Å². The molecule has 3 nitrogen and oxygen atoms in total. The number of pyridine rings is 1. The molecular formula is C8H8BrF2NO2. The fraction of sp³-hybridized carbons (Fsp3) is 0.375. The SMILES string of the molecule is COc1c(CO)cc(C(F)F)nc1Br. The third-order valence-electron chi connectivity index (χ3n) is 1.63. The summed E-state index contributed by atoms with van der Waals surface area (Å²) in [6.07, 6.45) is -2.66. The standard InChI is InChI=1S/C8H8BrF2NO2/c1-14-6-4(3-13)2-5(8(10)11)12-7(6)9/h2,8,13H,3H2,1H3. The normalized spacial score (nSPS) is 10.7. The van der Waals surface area contributed by atoms with E-state index in [4.69, 9.17) is 9.84 Å². The number of aliphatic hydroxyl groups excluding tert-OH is 1.